The third-order valence-electron chi connectivity index (χ3n) is 6.43. The van der Waals surface area contributed by atoms with Gasteiger partial charge in [0.25, 0.3) is 0 Å². The summed E-state index contributed by atoms with van der Waals surface area (Å²) < 4.78 is 8.26. The van der Waals surface area contributed by atoms with E-state index in [1.165, 1.54) is 19.3 Å². The van der Waals surface area contributed by atoms with E-state index >= 15 is 0 Å². The molecule has 1 saturated heterocycles. The Labute approximate surface area is 179 Å². The predicted molar refractivity (Wildman–Crippen MR) is 119 cm³/mol. The van der Waals surface area contributed by atoms with Gasteiger partial charge in [0.2, 0.25) is 5.88 Å². The predicted octanol–water partition coefficient (Wildman–Crippen LogP) is 3.65. The summed E-state index contributed by atoms with van der Waals surface area (Å²) in [6.45, 7) is 4.97. The zero-order valence-corrected chi connectivity index (χ0v) is 18.2. The van der Waals surface area contributed by atoms with Gasteiger partial charge in [-0.3, -0.25) is 4.99 Å². The maximum absolute atomic E-state index is 6.04. The fourth-order valence-corrected chi connectivity index (χ4v) is 4.55. The number of aliphatic imine (C=N–C) groups is 1. The first kappa shape index (κ1) is 20.7. The first-order valence-electron chi connectivity index (χ1n) is 11.3. The number of hydrogen-bond donors (Lipinski definition) is 1. The minimum Gasteiger partial charge on any atom is -0.474 e. The summed E-state index contributed by atoms with van der Waals surface area (Å²) in [5.74, 6) is 2.30. The molecule has 2 aromatic rings. The second-order valence-electron chi connectivity index (χ2n) is 8.57. The van der Waals surface area contributed by atoms with Gasteiger partial charge < -0.3 is 19.5 Å². The van der Waals surface area contributed by atoms with E-state index in [0.717, 1.165) is 49.8 Å². The van der Waals surface area contributed by atoms with Crippen LogP contribution >= 0.6 is 0 Å². The second kappa shape index (κ2) is 9.96. The maximum atomic E-state index is 6.04. The Balaban J connectivity index is 1.31. The summed E-state index contributed by atoms with van der Waals surface area (Å²) in [5.41, 5.74) is 1.13. The Morgan fingerprint density at radius 2 is 2.10 bits per heavy atom. The van der Waals surface area contributed by atoms with Crippen molar-refractivity contribution in [2.24, 2.45) is 10.9 Å². The number of nitrogens with one attached hydrogen (secondary N) is 1. The molecule has 1 saturated carbocycles. The minimum absolute atomic E-state index is 0.332. The Morgan fingerprint density at radius 3 is 2.80 bits per heavy atom. The molecule has 7 heteroatoms. The molecule has 4 rings (SSSR count). The van der Waals surface area contributed by atoms with Crippen LogP contribution in [0.4, 0.5) is 0 Å². The van der Waals surface area contributed by atoms with Crippen molar-refractivity contribution >= 4 is 5.96 Å². The van der Waals surface area contributed by atoms with Gasteiger partial charge in [0.05, 0.1) is 12.4 Å². The molecule has 1 N–H and O–H groups in total. The maximum Gasteiger partial charge on any atom is 0.213 e. The molecular formula is C23H34N6O. The van der Waals surface area contributed by atoms with Gasteiger partial charge in [-0.25, -0.2) is 9.97 Å². The normalized spacial score (nSPS) is 23.4. The van der Waals surface area contributed by atoms with Gasteiger partial charge in [-0.15, -0.1) is 0 Å². The average molecular weight is 411 g/mol. The van der Waals surface area contributed by atoms with E-state index < -0.39 is 0 Å². The lowest BCUT2D eigenvalue weighted by atomic mass is 9.93. The molecule has 3 heterocycles. The molecule has 1 aliphatic carbocycles. The molecule has 2 atom stereocenters. The van der Waals surface area contributed by atoms with Gasteiger partial charge in [-0.05, 0) is 43.6 Å². The van der Waals surface area contributed by atoms with Gasteiger partial charge in [0.1, 0.15) is 6.10 Å². The molecule has 0 radical (unpaired) electrons. The summed E-state index contributed by atoms with van der Waals surface area (Å²) >= 11 is 0. The van der Waals surface area contributed by atoms with Crippen LogP contribution in [-0.2, 0) is 6.54 Å². The summed E-state index contributed by atoms with van der Waals surface area (Å²) in [7, 11) is 1.85. The number of ether oxygens (including phenoxy) is 1. The van der Waals surface area contributed by atoms with E-state index in [-0.39, 0.29) is 0 Å². The summed E-state index contributed by atoms with van der Waals surface area (Å²) in [6, 6.07) is 4.50. The van der Waals surface area contributed by atoms with E-state index in [4.69, 9.17) is 4.74 Å². The number of hydrogen-bond acceptors (Lipinski definition) is 4. The molecule has 0 bridgehead atoms. The van der Waals surface area contributed by atoms with Gasteiger partial charge in [-0.1, -0.05) is 19.4 Å². The molecule has 7 nitrogen and oxygen atoms in total. The van der Waals surface area contributed by atoms with Crippen molar-refractivity contribution in [2.75, 3.05) is 20.1 Å². The van der Waals surface area contributed by atoms with Crippen LogP contribution < -0.4 is 10.1 Å². The molecule has 0 aromatic carbocycles. The van der Waals surface area contributed by atoms with Crippen molar-refractivity contribution in [3.05, 3.63) is 42.6 Å². The zero-order valence-electron chi connectivity index (χ0n) is 18.2. The largest absolute Gasteiger partial charge is 0.474 e. The number of rotatable bonds is 5. The smallest absolute Gasteiger partial charge is 0.213 e. The lowest BCUT2D eigenvalue weighted by molar-refractivity contribution is 0.148. The summed E-state index contributed by atoms with van der Waals surface area (Å²) in [4.78, 5) is 15.6. The van der Waals surface area contributed by atoms with E-state index in [9.17, 15) is 0 Å². The van der Waals surface area contributed by atoms with E-state index in [1.807, 2.05) is 31.8 Å². The van der Waals surface area contributed by atoms with E-state index in [1.54, 1.807) is 0 Å². The number of pyridine rings is 1. The Kier molecular flexibility index (Phi) is 6.87. The van der Waals surface area contributed by atoms with Crippen molar-refractivity contribution < 1.29 is 4.74 Å². The highest BCUT2D eigenvalue weighted by atomic mass is 16.5. The van der Waals surface area contributed by atoms with Crippen LogP contribution in [0.2, 0.25) is 0 Å². The molecule has 2 unspecified atom stereocenters. The molecule has 2 aromatic heterocycles. The van der Waals surface area contributed by atoms with Crippen molar-refractivity contribution in [1.82, 2.24) is 24.8 Å². The highest BCUT2D eigenvalue weighted by Crippen LogP contribution is 2.27. The first-order valence-corrected chi connectivity index (χ1v) is 11.3. The van der Waals surface area contributed by atoms with Crippen LogP contribution in [0.3, 0.4) is 0 Å². The van der Waals surface area contributed by atoms with Crippen molar-refractivity contribution in [3.8, 4) is 5.88 Å². The molecule has 162 valence electrons. The van der Waals surface area contributed by atoms with Crippen LogP contribution in [0.5, 0.6) is 5.88 Å². The second-order valence-corrected chi connectivity index (χ2v) is 8.57. The number of nitrogens with zero attached hydrogens (tertiary/aromatic N) is 5. The molecule has 0 spiro atoms. The van der Waals surface area contributed by atoms with Crippen molar-refractivity contribution in [2.45, 2.75) is 64.1 Å². The van der Waals surface area contributed by atoms with Crippen LogP contribution in [0.25, 0.3) is 0 Å². The Bertz CT molecular complexity index is 798. The monoisotopic (exact) mass is 410 g/mol. The van der Waals surface area contributed by atoms with E-state index in [0.29, 0.717) is 24.6 Å². The molecule has 30 heavy (non-hydrogen) atoms. The van der Waals surface area contributed by atoms with Gasteiger partial charge in [-0.2, -0.15) is 0 Å². The van der Waals surface area contributed by atoms with Crippen LogP contribution in [0, 0.1) is 5.92 Å². The number of aromatic nitrogens is 3. The topological polar surface area (TPSA) is 67.6 Å². The summed E-state index contributed by atoms with van der Waals surface area (Å²) in [6.07, 6.45) is 15.4. The number of likely N-dealkylation sites (tertiary alicyclic amines) is 1. The van der Waals surface area contributed by atoms with Gasteiger partial charge in [0.15, 0.2) is 5.96 Å². The third kappa shape index (κ3) is 5.12. The van der Waals surface area contributed by atoms with Crippen molar-refractivity contribution in [1.29, 1.82) is 0 Å². The van der Waals surface area contributed by atoms with Crippen LogP contribution in [-0.4, -0.2) is 51.6 Å². The molecule has 1 aliphatic heterocycles. The zero-order chi connectivity index (χ0) is 20.8. The molecular weight excluding hydrogens is 376 g/mol. The van der Waals surface area contributed by atoms with Crippen molar-refractivity contribution in [3.63, 3.8) is 0 Å². The third-order valence-corrected chi connectivity index (χ3v) is 6.43. The Hall–Kier alpha value is -2.57. The number of imidazole rings is 1. The van der Waals surface area contributed by atoms with E-state index in [2.05, 4.69) is 48.9 Å². The quantitative estimate of drug-likeness (QED) is 0.602. The standard InChI is InChI=1S/C23H34N6O/c1-18-10-12-28(16-21(18)29-13-11-25-17-29)23(24-2)27-15-19-8-9-22(26-14-19)30-20-6-4-3-5-7-20/h8-9,11,13-14,17-18,20-21H,3-7,10,12,15-16H2,1-2H3,(H,24,27). The lowest BCUT2D eigenvalue weighted by Crippen LogP contribution is -2.48. The highest BCUT2D eigenvalue weighted by molar-refractivity contribution is 5.80. The number of guanidine groups is 1. The van der Waals surface area contributed by atoms with Crippen LogP contribution in [0.1, 0.15) is 57.1 Å². The fourth-order valence-electron chi connectivity index (χ4n) is 4.55. The highest BCUT2D eigenvalue weighted by Gasteiger charge is 2.28. The SMILES string of the molecule is CN=C(NCc1ccc(OC2CCCCC2)nc1)N1CCC(C)C(n2ccnc2)C1. The van der Waals surface area contributed by atoms with Gasteiger partial charge in [0, 0.05) is 51.3 Å². The lowest BCUT2D eigenvalue weighted by Gasteiger charge is -2.39. The van der Waals surface area contributed by atoms with Gasteiger partial charge >= 0.3 is 0 Å². The molecule has 2 fully saturated rings. The number of piperidine rings is 1. The first-order chi connectivity index (χ1) is 14.7. The average Bonchev–Trinajstić information content (AvgIpc) is 3.32. The fraction of sp³-hybridized carbons (Fsp3) is 0.609. The summed E-state index contributed by atoms with van der Waals surface area (Å²) in [5, 5.41) is 3.51. The molecule has 2 aliphatic rings. The Morgan fingerprint density at radius 1 is 1.23 bits per heavy atom. The van der Waals surface area contributed by atoms with Crippen LogP contribution in [0.15, 0.2) is 42.0 Å². The molecule has 0 amide bonds. The minimum atomic E-state index is 0.332.